The molecule has 0 N–H and O–H groups in total. The molecule has 0 unspecified atom stereocenters. The minimum Gasteiger partial charge on any atom is -0.455 e. The van der Waals surface area contributed by atoms with E-state index in [-0.39, 0.29) is 0 Å². The largest absolute Gasteiger partial charge is 0.455 e. The van der Waals surface area contributed by atoms with Crippen molar-refractivity contribution in [2.24, 2.45) is 0 Å². The topological polar surface area (TPSA) is 38.9 Å². The summed E-state index contributed by atoms with van der Waals surface area (Å²) in [7, 11) is 0. The summed E-state index contributed by atoms with van der Waals surface area (Å²) in [6.07, 6.45) is 0. The molecule has 202 valence electrons. The zero-order chi connectivity index (χ0) is 28.6. The Balaban J connectivity index is 1.34. The number of para-hydroxylation sites is 2. The summed E-state index contributed by atoms with van der Waals surface area (Å²) in [6.45, 7) is 0. The average molecular weight is 551 g/mol. The van der Waals surface area contributed by atoms with Gasteiger partial charge in [0.05, 0.1) is 17.0 Å². The van der Waals surface area contributed by atoms with E-state index < -0.39 is 0 Å². The van der Waals surface area contributed by atoms with E-state index in [2.05, 4.69) is 121 Å². The smallest absolute Gasteiger partial charge is 0.164 e. The van der Waals surface area contributed by atoms with Crippen molar-refractivity contribution in [1.82, 2.24) is 9.97 Å². The van der Waals surface area contributed by atoms with E-state index in [1.807, 2.05) is 36.4 Å². The fourth-order valence-electron chi connectivity index (χ4n) is 5.76. The first kappa shape index (κ1) is 25.0. The van der Waals surface area contributed by atoms with Crippen molar-refractivity contribution in [2.45, 2.75) is 0 Å². The maximum Gasteiger partial charge on any atom is 0.164 e. The number of furan rings is 1. The summed E-state index contributed by atoms with van der Waals surface area (Å²) in [5, 5.41) is 2.14. The second-order valence-corrected chi connectivity index (χ2v) is 10.6. The number of hydrogen-bond acceptors (Lipinski definition) is 3. The first-order chi connectivity index (χ1) is 21.3. The molecular formula is C40H26N2O. The molecule has 3 heteroatoms. The minimum absolute atomic E-state index is 0.632. The van der Waals surface area contributed by atoms with Crippen LogP contribution in [-0.2, 0) is 0 Å². The van der Waals surface area contributed by atoms with Gasteiger partial charge in [-0.15, -0.1) is 0 Å². The maximum atomic E-state index is 6.40. The number of benzene rings is 6. The summed E-state index contributed by atoms with van der Waals surface area (Å²) < 4.78 is 6.40. The van der Waals surface area contributed by atoms with Crippen molar-refractivity contribution in [3.8, 4) is 56.2 Å². The molecule has 0 aliphatic heterocycles. The van der Waals surface area contributed by atoms with Crippen molar-refractivity contribution in [3.05, 3.63) is 158 Å². The molecule has 2 aromatic heterocycles. The Morgan fingerprint density at radius 3 is 1.49 bits per heavy atom. The molecule has 0 aliphatic rings. The summed E-state index contributed by atoms with van der Waals surface area (Å²) in [5.41, 5.74) is 10.9. The first-order valence-electron chi connectivity index (χ1n) is 14.4. The number of nitrogens with zero attached hydrogens (tertiary/aromatic N) is 2. The number of aromatic nitrogens is 2. The molecule has 6 aromatic carbocycles. The van der Waals surface area contributed by atoms with Crippen LogP contribution < -0.4 is 0 Å². The lowest BCUT2D eigenvalue weighted by atomic mass is 9.99. The molecule has 0 saturated carbocycles. The summed E-state index contributed by atoms with van der Waals surface area (Å²) in [5.74, 6) is 0.632. The van der Waals surface area contributed by atoms with Gasteiger partial charge in [-0.2, -0.15) is 0 Å². The number of hydrogen-bond donors (Lipinski definition) is 0. The van der Waals surface area contributed by atoms with Gasteiger partial charge in [0.1, 0.15) is 11.2 Å². The van der Waals surface area contributed by atoms with Crippen molar-refractivity contribution >= 4 is 21.9 Å². The first-order valence-corrected chi connectivity index (χ1v) is 14.4. The summed E-state index contributed by atoms with van der Waals surface area (Å²) >= 11 is 0. The third kappa shape index (κ3) is 4.67. The van der Waals surface area contributed by atoms with Crippen LogP contribution in [0.5, 0.6) is 0 Å². The van der Waals surface area contributed by atoms with Crippen molar-refractivity contribution < 1.29 is 4.42 Å². The second-order valence-electron chi connectivity index (χ2n) is 10.6. The van der Waals surface area contributed by atoms with Gasteiger partial charge in [-0.1, -0.05) is 127 Å². The molecule has 0 bridgehead atoms. The minimum atomic E-state index is 0.632. The lowest BCUT2D eigenvalue weighted by molar-refractivity contribution is 0.669. The number of rotatable bonds is 5. The molecule has 0 atom stereocenters. The highest BCUT2D eigenvalue weighted by Crippen LogP contribution is 2.37. The van der Waals surface area contributed by atoms with E-state index in [0.29, 0.717) is 5.82 Å². The highest BCUT2D eigenvalue weighted by atomic mass is 16.3. The van der Waals surface area contributed by atoms with Gasteiger partial charge >= 0.3 is 0 Å². The average Bonchev–Trinajstić information content (AvgIpc) is 3.48. The highest BCUT2D eigenvalue weighted by Gasteiger charge is 2.17. The van der Waals surface area contributed by atoms with Crippen LogP contribution in [0, 0.1) is 0 Å². The van der Waals surface area contributed by atoms with E-state index >= 15 is 0 Å². The predicted octanol–water partition coefficient (Wildman–Crippen LogP) is 10.7. The summed E-state index contributed by atoms with van der Waals surface area (Å²) in [4.78, 5) is 10.3. The Morgan fingerprint density at radius 2 is 0.860 bits per heavy atom. The number of fused-ring (bicyclic) bond motifs is 3. The standard InChI is InChI=1S/C40H26N2O/c1-3-12-27(13-4-1)29-16-9-18-31(24-29)36-26-37(32-19-10-17-30(25-32)28-14-5-2-6-15-28)42-40(41-36)35-22-11-21-34-33-20-7-8-23-38(33)43-39(34)35/h1-26H. The van der Waals surface area contributed by atoms with E-state index in [9.17, 15) is 0 Å². The zero-order valence-corrected chi connectivity index (χ0v) is 23.3. The maximum absolute atomic E-state index is 6.40. The molecule has 0 spiro atoms. The quantitative estimate of drug-likeness (QED) is 0.214. The predicted molar refractivity (Wildman–Crippen MR) is 176 cm³/mol. The monoisotopic (exact) mass is 550 g/mol. The van der Waals surface area contributed by atoms with Crippen LogP contribution in [0.4, 0.5) is 0 Å². The van der Waals surface area contributed by atoms with Crippen molar-refractivity contribution in [2.75, 3.05) is 0 Å². The van der Waals surface area contributed by atoms with E-state index in [0.717, 1.165) is 61.1 Å². The Labute approximate surface area is 249 Å². The van der Waals surface area contributed by atoms with Crippen LogP contribution in [0.15, 0.2) is 162 Å². The van der Waals surface area contributed by atoms with Gasteiger partial charge in [0, 0.05) is 21.9 Å². The molecule has 8 rings (SSSR count). The van der Waals surface area contributed by atoms with E-state index in [1.54, 1.807) is 0 Å². The van der Waals surface area contributed by atoms with Crippen molar-refractivity contribution in [3.63, 3.8) is 0 Å². The fourth-order valence-corrected chi connectivity index (χ4v) is 5.76. The molecule has 0 amide bonds. The van der Waals surface area contributed by atoms with Crippen LogP contribution >= 0.6 is 0 Å². The molecule has 0 radical (unpaired) electrons. The van der Waals surface area contributed by atoms with E-state index in [1.165, 1.54) is 11.1 Å². The van der Waals surface area contributed by atoms with Crippen LogP contribution in [-0.4, -0.2) is 9.97 Å². The third-order valence-corrected chi connectivity index (χ3v) is 7.90. The normalized spacial score (nSPS) is 11.3. The highest BCUT2D eigenvalue weighted by molar-refractivity contribution is 6.09. The Bertz CT molecular complexity index is 2130. The van der Waals surface area contributed by atoms with Crippen molar-refractivity contribution in [1.29, 1.82) is 0 Å². The molecule has 2 heterocycles. The van der Waals surface area contributed by atoms with E-state index in [4.69, 9.17) is 14.4 Å². The Hall–Kier alpha value is -5.80. The Morgan fingerprint density at radius 1 is 0.372 bits per heavy atom. The van der Waals surface area contributed by atoms with Gasteiger partial charge in [-0.05, 0) is 52.6 Å². The van der Waals surface area contributed by atoms with Crippen LogP contribution in [0.1, 0.15) is 0 Å². The van der Waals surface area contributed by atoms with Gasteiger partial charge in [-0.3, -0.25) is 0 Å². The van der Waals surface area contributed by atoms with Gasteiger partial charge in [-0.25, -0.2) is 9.97 Å². The molecule has 0 aliphatic carbocycles. The second kappa shape index (κ2) is 10.6. The molecule has 8 aromatic rings. The van der Waals surface area contributed by atoms with Gasteiger partial charge in [0.25, 0.3) is 0 Å². The molecule has 0 saturated heterocycles. The van der Waals surface area contributed by atoms with Crippen LogP contribution in [0.3, 0.4) is 0 Å². The zero-order valence-electron chi connectivity index (χ0n) is 23.3. The van der Waals surface area contributed by atoms with Crippen LogP contribution in [0.25, 0.3) is 78.1 Å². The third-order valence-electron chi connectivity index (χ3n) is 7.90. The lowest BCUT2D eigenvalue weighted by Crippen LogP contribution is -1.96. The fraction of sp³-hybridized carbons (Fsp3) is 0. The SMILES string of the molecule is c1ccc(-c2cccc(-c3cc(-c4cccc(-c5ccccc5)c4)nc(-c4cccc5c4oc4ccccc45)n3)c2)cc1. The molecule has 3 nitrogen and oxygen atoms in total. The van der Waals surface area contributed by atoms with Crippen LogP contribution in [0.2, 0.25) is 0 Å². The van der Waals surface area contributed by atoms with Gasteiger partial charge in [0.15, 0.2) is 5.82 Å². The summed E-state index contributed by atoms with van der Waals surface area (Å²) in [6, 6.07) is 54.4. The lowest BCUT2D eigenvalue weighted by Gasteiger charge is -2.12. The molecule has 43 heavy (non-hydrogen) atoms. The molecule has 0 fully saturated rings. The Kier molecular flexibility index (Phi) is 6.12. The van der Waals surface area contributed by atoms with Gasteiger partial charge in [0.2, 0.25) is 0 Å². The molecular weight excluding hydrogens is 524 g/mol. The van der Waals surface area contributed by atoms with Gasteiger partial charge < -0.3 is 4.42 Å².